The first-order chi connectivity index (χ1) is 14.1. The Morgan fingerprint density at radius 2 is 1.48 bits per heavy atom. The van der Waals surface area contributed by atoms with Gasteiger partial charge in [-0.2, -0.15) is 0 Å². The lowest BCUT2D eigenvalue weighted by molar-refractivity contribution is -0.125. The zero-order valence-electron chi connectivity index (χ0n) is 16.6. The van der Waals surface area contributed by atoms with E-state index in [1.807, 2.05) is 31.2 Å². The molecule has 2 amide bonds. The van der Waals surface area contributed by atoms with Gasteiger partial charge in [0.25, 0.3) is 0 Å². The van der Waals surface area contributed by atoms with Gasteiger partial charge in [0.2, 0.25) is 11.8 Å². The van der Waals surface area contributed by atoms with Gasteiger partial charge in [-0.15, -0.1) is 0 Å². The highest BCUT2D eigenvalue weighted by atomic mass is 16.5. The molecule has 0 aliphatic heterocycles. The summed E-state index contributed by atoms with van der Waals surface area (Å²) in [5.74, 6) is 1.40. The molecule has 0 spiro atoms. The summed E-state index contributed by atoms with van der Waals surface area (Å²) in [6, 6.07) is 14.4. The van der Waals surface area contributed by atoms with Crippen LogP contribution >= 0.6 is 0 Å². The van der Waals surface area contributed by atoms with Crippen LogP contribution < -0.4 is 24.8 Å². The second-order valence-corrected chi connectivity index (χ2v) is 6.71. The van der Waals surface area contributed by atoms with E-state index in [0.29, 0.717) is 37.6 Å². The van der Waals surface area contributed by atoms with E-state index in [0.717, 1.165) is 11.5 Å². The minimum Gasteiger partial charge on any atom is -0.497 e. The molecule has 0 bridgehead atoms. The van der Waals surface area contributed by atoms with Crippen LogP contribution in [0.5, 0.6) is 17.2 Å². The molecule has 0 heterocycles. The highest BCUT2D eigenvalue weighted by Crippen LogP contribution is 2.39. The molecule has 0 saturated heterocycles. The second kappa shape index (κ2) is 9.82. The molecule has 1 fully saturated rings. The van der Waals surface area contributed by atoms with Crippen molar-refractivity contribution in [2.45, 2.75) is 13.3 Å². The highest BCUT2D eigenvalue weighted by molar-refractivity contribution is 5.99. The van der Waals surface area contributed by atoms with Gasteiger partial charge in [0.05, 0.1) is 32.1 Å². The standard InChI is InChI=1S/C22H26N2O5/c1-3-28-17-6-4-15(5-7-17)24-22(26)20-14-19(20)21(25)23-12-13-29-18-10-8-16(27-2)9-11-18/h4-11,19-20H,3,12-14H2,1-2H3,(H,23,25)(H,24,26). The Balaban J connectivity index is 1.35. The number of hydrogen-bond acceptors (Lipinski definition) is 5. The van der Waals surface area contributed by atoms with Crippen molar-refractivity contribution >= 4 is 17.5 Å². The van der Waals surface area contributed by atoms with Gasteiger partial charge in [-0.3, -0.25) is 9.59 Å². The summed E-state index contributed by atoms with van der Waals surface area (Å²) >= 11 is 0. The third kappa shape index (κ3) is 5.88. The predicted molar refractivity (Wildman–Crippen MR) is 109 cm³/mol. The van der Waals surface area contributed by atoms with Crippen LogP contribution in [-0.2, 0) is 9.59 Å². The molecule has 29 heavy (non-hydrogen) atoms. The minimum absolute atomic E-state index is 0.116. The molecule has 7 nitrogen and oxygen atoms in total. The van der Waals surface area contributed by atoms with Crippen molar-refractivity contribution in [2.75, 3.05) is 32.2 Å². The molecule has 1 saturated carbocycles. The van der Waals surface area contributed by atoms with Crippen molar-refractivity contribution in [3.8, 4) is 17.2 Å². The Morgan fingerprint density at radius 1 is 0.897 bits per heavy atom. The summed E-state index contributed by atoms with van der Waals surface area (Å²) in [6.45, 7) is 3.25. The summed E-state index contributed by atoms with van der Waals surface area (Å²) in [5.41, 5.74) is 0.692. The molecule has 2 unspecified atom stereocenters. The first-order valence-electron chi connectivity index (χ1n) is 9.69. The summed E-state index contributed by atoms with van der Waals surface area (Å²) in [6.07, 6.45) is 0.564. The van der Waals surface area contributed by atoms with Crippen LogP contribution in [0, 0.1) is 11.8 Å². The largest absolute Gasteiger partial charge is 0.497 e. The molecule has 1 aliphatic carbocycles. The second-order valence-electron chi connectivity index (χ2n) is 6.71. The fourth-order valence-electron chi connectivity index (χ4n) is 2.96. The maximum absolute atomic E-state index is 12.3. The van der Waals surface area contributed by atoms with Gasteiger partial charge in [0.1, 0.15) is 23.9 Å². The molecule has 7 heteroatoms. The van der Waals surface area contributed by atoms with Gasteiger partial charge in [-0.25, -0.2) is 0 Å². The fourth-order valence-corrected chi connectivity index (χ4v) is 2.96. The lowest BCUT2D eigenvalue weighted by atomic mass is 10.2. The van der Waals surface area contributed by atoms with Gasteiger partial charge in [-0.05, 0) is 61.9 Å². The highest BCUT2D eigenvalue weighted by Gasteiger charge is 2.47. The Morgan fingerprint density at radius 3 is 2.14 bits per heavy atom. The van der Waals surface area contributed by atoms with E-state index in [1.165, 1.54) is 0 Å². The Bertz CT molecular complexity index is 820. The van der Waals surface area contributed by atoms with Gasteiger partial charge in [0.15, 0.2) is 0 Å². The third-order valence-corrected chi connectivity index (χ3v) is 4.63. The number of carbonyl (C=O) groups is 2. The summed E-state index contributed by atoms with van der Waals surface area (Å²) in [4.78, 5) is 24.5. The lowest BCUT2D eigenvalue weighted by Crippen LogP contribution is -2.31. The quantitative estimate of drug-likeness (QED) is 0.601. The van der Waals surface area contributed by atoms with Gasteiger partial charge in [0, 0.05) is 5.69 Å². The Kier molecular flexibility index (Phi) is 6.94. The molecule has 0 radical (unpaired) electrons. The molecule has 0 aromatic heterocycles. The topological polar surface area (TPSA) is 85.9 Å². The van der Waals surface area contributed by atoms with E-state index in [-0.39, 0.29) is 23.7 Å². The van der Waals surface area contributed by atoms with Crippen LogP contribution in [0.4, 0.5) is 5.69 Å². The van der Waals surface area contributed by atoms with Crippen molar-refractivity contribution in [3.05, 3.63) is 48.5 Å². The fraction of sp³-hybridized carbons (Fsp3) is 0.364. The van der Waals surface area contributed by atoms with Crippen LogP contribution in [-0.4, -0.2) is 38.7 Å². The van der Waals surface area contributed by atoms with E-state index >= 15 is 0 Å². The van der Waals surface area contributed by atoms with E-state index in [2.05, 4.69) is 10.6 Å². The maximum Gasteiger partial charge on any atom is 0.228 e. The number of benzene rings is 2. The van der Waals surface area contributed by atoms with Crippen molar-refractivity contribution in [1.29, 1.82) is 0 Å². The van der Waals surface area contributed by atoms with Crippen LogP contribution in [0.15, 0.2) is 48.5 Å². The monoisotopic (exact) mass is 398 g/mol. The molecule has 2 atom stereocenters. The first kappa shape index (κ1) is 20.5. The van der Waals surface area contributed by atoms with Crippen molar-refractivity contribution < 1.29 is 23.8 Å². The summed E-state index contributed by atoms with van der Waals surface area (Å²) in [7, 11) is 1.61. The van der Waals surface area contributed by atoms with Crippen molar-refractivity contribution in [3.63, 3.8) is 0 Å². The number of nitrogens with one attached hydrogen (secondary N) is 2. The zero-order valence-corrected chi connectivity index (χ0v) is 16.6. The number of methoxy groups -OCH3 is 1. The van der Waals surface area contributed by atoms with Gasteiger partial charge >= 0.3 is 0 Å². The van der Waals surface area contributed by atoms with E-state index < -0.39 is 0 Å². The molecular weight excluding hydrogens is 372 g/mol. The van der Waals surface area contributed by atoms with Crippen LogP contribution in [0.3, 0.4) is 0 Å². The van der Waals surface area contributed by atoms with Crippen molar-refractivity contribution in [1.82, 2.24) is 5.32 Å². The average Bonchev–Trinajstić information content (AvgIpc) is 3.54. The Labute approximate surface area is 170 Å². The van der Waals surface area contributed by atoms with Gasteiger partial charge in [-0.1, -0.05) is 0 Å². The van der Waals surface area contributed by atoms with Gasteiger partial charge < -0.3 is 24.8 Å². The van der Waals surface area contributed by atoms with Crippen LogP contribution in [0.25, 0.3) is 0 Å². The smallest absolute Gasteiger partial charge is 0.228 e. The van der Waals surface area contributed by atoms with E-state index in [4.69, 9.17) is 14.2 Å². The van der Waals surface area contributed by atoms with E-state index in [1.54, 1.807) is 31.4 Å². The number of ether oxygens (including phenoxy) is 3. The molecular formula is C22H26N2O5. The van der Waals surface area contributed by atoms with E-state index in [9.17, 15) is 9.59 Å². The third-order valence-electron chi connectivity index (χ3n) is 4.63. The molecule has 2 aromatic carbocycles. The summed E-state index contributed by atoms with van der Waals surface area (Å²) < 4.78 is 16.0. The molecule has 2 N–H and O–H groups in total. The molecule has 154 valence electrons. The first-order valence-corrected chi connectivity index (χ1v) is 9.69. The number of amides is 2. The molecule has 2 aromatic rings. The van der Waals surface area contributed by atoms with Crippen LogP contribution in [0.2, 0.25) is 0 Å². The SMILES string of the molecule is CCOc1ccc(NC(=O)C2CC2C(=O)NCCOc2ccc(OC)cc2)cc1. The number of carbonyl (C=O) groups excluding carboxylic acids is 2. The minimum atomic E-state index is -0.288. The lowest BCUT2D eigenvalue weighted by Gasteiger charge is -2.09. The van der Waals surface area contributed by atoms with Crippen molar-refractivity contribution in [2.24, 2.45) is 11.8 Å². The number of rotatable bonds is 10. The Hall–Kier alpha value is -3.22. The molecule has 1 aliphatic rings. The zero-order chi connectivity index (χ0) is 20.6. The maximum atomic E-state index is 12.3. The van der Waals surface area contributed by atoms with Crippen LogP contribution in [0.1, 0.15) is 13.3 Å². The number of anilines is 1. The molecule has 3 rings (SSSR count). The number of hydrogen-bond donors (Lipinski definition) is 2. The normalized spacial score (nSPS) is 17.2. The predicted octanol–water partition coefficient (Wildman–Crippen LogP) is 2.86. The summed E-state index contributed by atoms with van der Waals surface area (Å²) in [5, 5.41) is 5.67. The average molecular weight is 398 g/mol.